The largest absolute Gasteiger partial charge is 0.496 e. The highest BCUT2D eigenvalue weighted by atomic mass is 79.9. The number of ether oxygens (including phenoxy) is 1. The third-order valence-corrected chi connectivity index (χ3v) is 6.79. The normalized spacial score (nSPS) is 15.9. The van der Waals surface area contributed by atoms with E-state index in [0.717, 1.165) is 39.7 Å². The lowest BCUT2D eigenvalue weighted by Gasteiger charge is -2.33. The van der Waals surface area contributed by atoms with Crippen LogP contribution in [0.2, 0.25) is 0 Å². The molecule has 1 aliphatic rings. The topological polar surface area (TPSA) is 46.6 Å². The molecule has 0 bridgehead atoms. The zero-order chi connectivity index (χ0) is 20.3. The number of carbonyl (C=O) groups excluding carboxylic acids is 2. The fraction of sp³-hybridized carbons (Fsp3) is 0.364. The summed E-state index contributed by atoms with van der Waals surface area (Å²) in [6.07, 6.45) is 2.62. The molecular weight excluding hydrogens is 438 g/mol. The van der Waals surface area contributed by atoms with Crippen molar-refractivity contribution in [1.82, 2.24) is 0 Å². The van der Waals surface area contributed by atoms with E-state index in [1.807, 2.05) is 56.3 Å². The van der Waals surface area contributed by atoms with Gasteiger partial charge in [0.15, 0.2) is 0 Å². The van der Waals surface area contributed by atoms with Gasteiger partial charge >= 0.3 is 0 Å². The average molecular weight is 462 g/mol. The zero-order valence-electron chi connectivity index (χ0n) is 16.3. The Kier molecular flexibility index (Phi) is 6.50. The van der Waals surface area contributed by atoms with Gasteiger partial charge < -0.3 is 4.74 Å². The molecule has 1 aliphatic heterocycles. The number of para-hydroxylation sites is 1. The molecule has 0 N–H and O–H groups in total. The summed E-state index contributed by atoms with van der Waals surface area (Å²) in [4.78, 5) is 29.8. The molecule has 0 saturated carbocycles. The Labute approximate surface area is 178 Å². The van der Waals surface area contributed by atoms with Crippen molar-refractivity contribution in [3.63, 3.8) is 0 Å². The number of benzene rings is 2. The van der Waals surface area contributed by atoms with Gasteiger partial charge in [-0.3, -0.25) is 14.5 Å². The van der Waals surface area contributed by atoms with E-state index in [2.05, 4.69) is 15.9 Å². The van der Waals surface area contributed by atoms with E-state index in [0.29, 0.717) is 24.3 Å². The Morgan fingerprint density at radius 3 is 2.29 bits per heavy atom. The Morgan fingerprint density at radius 1 is 1.07 bits per heavy atom. The van der Waals surface area contributed by atoms with Gasteiger partial charge in [0.25, 0.3) is 0 Å². The van der Waals surface area contributed by atoms with Crippen LogP contribution < -0.4 is 9.64 Å². The standard InChI is InChI=1S/C22H24BrNO3S/c1-4-11-22(12-5-2)20(25)24(15-9-7-6-8-10-15)17-13-16(23)18(27-3)14-19(17)28-21(22)26/h6-10,13-14H,4-5,11-12H2,1-3H3. The van der Waals surface area contributed by atoms with Gasteiger partial charge in [0.05, 0.1) is 17.3 Å². The Balaban J connectivity index is 2.28. The van der Waals surface area contributed by atoms with Crippen LogP contribution in [-0.4, -0.2) is 18.1 Å². The quantitative estimate of drug-likeness (QED) is 0.470. The Hall–Kier alpha value is -1.79. The molecular formula is C22H24BrNO3S. The molecule has 6 heteroatoms. The van der Waals surface area contributed by atoms with Crippen LogP contribution in [0.1, 0.15) is 39.5 Å². The number of carbonyl (C=O) groups is 2. The predicted molar refractivity (Wildman–Crippen MR) is 117 cm³/mol. The molecule has 148 valence electrons. The molecule has 0 atom stereocenters. The van der Waals surface area contributed by atoms with Gasteiger partial charge in [-0.15, -0.1) is 0 Å². The number of methoxy groups -OCH3 is 1. The van der Waals surface area contributed by atoms with Crippen LogP contribution in [0.4, 0.5) is 11.4 Å². The molecule has 0 saturated heterocycles. The molecule has 1 heterocycles. The van der Waals surface area contributed by atoms with E-state index in [1.165, 1.54) is 0 Å². The lowest BCUT2D eigenvalue weighted by Crippen LogP contribution is -2.45. The molecule has 3 rings (SSSR count). The van der Waals surface area contributed by atoms with E-state index in [1.54, 1.807) is 12.0 Å². The first-order chi connectivity index (χ1) is 13.5. The van der Waals surface area contributed by atoms with Crippen LogP contribution in [0, 0.1) is 5.41 Å². The average Bonchev–Trinajstić information content (AvgIpc) is 2.77. The monoisotopic (exact) mass is 461 g/mol. The highest BCUT2D eigenvalue weighted by Gasteiger charge is 2.50. The minimum Gasteiger partial charge on any atom is -0.496 e. The maximum absolute atomic E-state index is 13.9. The van der Waals surface area contributed by atoms with Crippen molar-refractivity contribution in [3.05, 3.63) is 46.9 Å². The second-order valence-electron chi connectivity index (χ2n) is 6.90. The number of halogens is 1. The summed E-state index contributed by atoms with van der Waals surface area (Å²) >= 11 is 4.69. The fourth-order valence-electron chi connectivity index (χ4n) is 3.78. The van der Waals surface area contributed by atoms with Gasteiger partial charge in [-0.2, -0.15) is 0 Å². The van der Waals surface area contributed by atoms with Gasteiger partial charge in [-0.05, 0) is 64.8 Å². The lowest BCUT2D eigenvalue weighted by atomic mass is 9.78. The van der Waals surface area contributed by atoms with Crippen molar-refractivity contribution in [2.24, 2.45) is 5.41 Å². The van der Waals surface area contributed by atoms with E-state index >= 15 is 0 Å². The van der Waals surface area contributed by atoms with Crippen LogP contribution in [0.3, 0.4) is 0 Å². The minimum atomic E-state index is -1.03. The molecule has 0 aliphatic carbocycles. The van der Waals surface area contributed by atoms with Gasteiger partial charge in [0.1, 0.15) is 11.2 Å². The van der Waals surface area contributed by atoms with Crippen LogP contribution in [0.15, 0.2) is 51.8 Å². The fourth-order valence-corrected chi connectivity index (χ4v) is 5.38. The molecule has 0 radical (unpaired) electrons. The first kappa shape index (κ1) is 20.9. The number of nitrogens with zero attached hydrogens (tertiary/aromatic N) is 1. The van der Waals surface area contributed by atoms with Crippen molar-refractivity contribution in [2.75, 3.05) is 12.0 Å². The Bertz CT molecular complexity index is 879. The number of thioether (sulfide) groups is 1. The first-order valence-corrected chi connectivity index (χ1v) is 11.1. The molecule has 0 aromatic heterocycles. The zero-order valence-corrected chi connectivity index (χ0v) is 18.7. The summed E-state index contributed by atoms with van der Waals surface area (Å²) in [7, 11) is 1.59. The summed E-state index contributed by atoms with van der Waals surface area (Å²) in [5, 5.41) is -0.0785. The predicted octanol–water partition coefficient (Wildman–Crippen LogP) is 6.34. The van der Waals surface area contributed by atoms with E-state index < -0.39 is 5.41 Å². The minimum absolute atomic E-state index is 0.0785. The first-order valence-electron chi connectivity index (χ1n) is 9.48. The van der Waals surface area contributed by atoms with Crippen molar-refractivity contribution >= 4 is 50.1 Å². The van der Waals surface area contributed by atoms with Gasteiger partial charge in [-0.25, -0.2) is 0 Å². The summed E-state index contributed by atoms with van der Waals surface area (Å²) in [6.45, 7) is 4.04. The number of anilines is 2. The number of rotatable bonds is 6. The summed E-state index contributed by atoms with van der Waals surface area (Å²) in [6, 6.07) is 13.2. The molecule has 0 spiro atoms. The van der Waals surface area contributed by atoms with E-state index in [4.69, 9.17) is 4.74 Å². The smallest absolute Gasteiger partial charge is 0.246 e. The number of fused-ring (bicyclic) bond motifs is 1. The van der Waals surface area contributed by atoms with Gasteiger partial charge in [0.2, 0.25) is 11.0 Å². The molecule has 4 nitrogen and oxygen atoms in total. The van der Waals surface area contributed by atoms with Crippen molar-refractivity contribution in [1.29, 1.82) is 0 Å². The highest BCUT2D eigenvalue weighted by Crippen LogP contribution is 2.50. The highest BCUT2D eigenvalue weighted by molar-refractivity contribution is 9.10. The molecule has 2 aromatic carbocycles. The van der Waals surface area contributed by atoms with Crippen molar-refractivity contribution in [2.45, 2.75) is 44.4 Å². The second-order valence-corrected chi connectivity index (χ2v) is 8.77. The molecule has 2 aromatic rings. The van der Waals surface area contributed by atoms with E-state index in [-0.39, 0.29) is 11.0 Å². The summed E-state index contributed by atoms with van der Waals surface area (Å²) < 4.78 is 6.17. The molecule has 28 heavy (non-hydrogen) atoms. The van der Waals surface area contributed by atoms with Crippen LogP contribution in [0.25, 0.3) is 0 Å². The Morgan fingerprint density at radius 2 is 1.71 bits per heavy atom. The van der Waals surface area contributed by atoms with E-state index in [9.17, 15) is 9.59 Å². The van der Waals surface area contributed by atoms with Crippen molar-refractivity contribution in [3.8, 4) is 5.75 Å². The van der Waals surface area contributed by atoms with Gasteiger partial charge in [-0.1, -0.05) is 44.9 Å². The maximum Gasteiger partial charge on any atom is 0.246 e. The van der Waals surface area contributed by atoms with Gasteiger partial charge in [0, 0.05) is 10.6 Å². The number of hydrogen-bond acceptors (Lipinski definition) is 4. The third kappa shape index (κ3) is 3.60. The molecule has 1 amide bonds. The SMILES string of the molecule is CCCC1(CCC)C(=O)Sc2cc(OC)c(Br)cc2N(c2ccccc2)C1=O. The van der Waals surface area contributed by atoms with Crippen LogP contribution >= 0.6 is 27.7 Å². The maximum atomic E-state index is 13.9. The molecule has 0 unspecified atom stereocenters. The number of amides is 1. The van der Waals surface area contributed by atoms with Crippen LogP contribution in [-0.2, 0) is 9.59 Å². The van der Waals surface area contributed by atoms with Crippen molar-refractivity contribution < 1.29 is 14.3 Å². The number of hydrogen-bond donors (Lipinski definition) is 0. The molecule has 0 fully saturated rings. The summed E-state index contributed by atoms with van der Waals surface area (Å²) in [5.74, 6) is 0.494. The van der Waals surface area contributed by atoms with Crippen LogP contribution in [0.5, 0.6) is 5.75 Å². The lowest BCUT2D eigenvalue weighted by molar-refractivity contribution is -0.136. The second kappa shape index (κ2) is 8.70. The summed E-state index contributed by atoms with van der Waals surface area (Å²) in [5.41, 5.74) is 0.442. The third-order valence-electron chi connectivity index (χ3n) is 5.05.